The maximum atomic E-state index is 12.0. The molecule has 27 heavy (non-hydrogen) atoms. The van der Waals surface area contributed by atoms with Gasteiger partial charge in [0.2, 0.25) is 11.8 Å². The van der Waals surface area contributed by atoms with Gasteiger partial charge in [-0.15, -0.1) is 0 Å². The van der Waals surface area contributed by atoms with Gasteiger partial charge >= 0.3 is 0 Å². The third kappa shape index (κ3) is 7.01. The number of carbonyl (C=O) groups is 2. The van der Waals surface area contributed by atoms with E-state index in [2.05, 4.69) is 38.4 Å². The average Bonchev–Trinajstić information content (AvgIpc) is 2.63. The fraction of sp³-hybridized carbons (Fsp3) is 0.250. The van der Waals surface area contributed by atoms with Crippen LogP contribution in [0.15, 0.2) is 47.6 Å². The Hall–Kier alpha value is -2.42. The molecule has 0 aliphatic carbocycles. The molecule has 2 N–H and O–H groups in total. The minimum absolute atomic E-state index is 0.0756. The third-order valence-corrected chi connectivity index (χ3v) is 4.53. The monoisotopic (exact) mass is 478 g/mol. The Kier molecular flexibility index (Phi) is 7.78. The molecular weight excluding hydrogens is 455 g/mol. The van der Waals surface area contributed by atoms with Gasteiger partial charge in [-0.2, -0.15) is 5.10 Å². The highest BCUT2D eigenvalue weighted by atomic mass is 127. The standard InChI is InChI=1S/C20H23IN4O2/c1-14-12-16(21)6-9-18(14)23-19(26)10-11-20(27)24-22-13-15-4-7-17(8-5-15)25(2)3/h4-9,12-13H,10-11H2,1-3H3,(H,23,26)(H,24,27)/b22-13-. The normalized spacial score (nSPS) is 10.7. The van der Waals surface area contributed by atoms with Gasteiger partial charge in [0.05, 0.1) is 6.21 Å². The number of hydrazone groups is 1. The number of halogens is 1. The zero-order valence-corrected chi connectivity index (χ0v) is 17.8. The maximum absolute atomic E-state index is 12.0. The fourth-order valence-corrected chi connectivity index (χ4v) is 2.95. The molecule has 0 radical (unpaired) electrons. The van der Waals surface area contributed by atoms with Crippen molar-refractivity contribution in [2.75, 3.05) is 24.3 Å². The van der Waals surface area contributed by atoms with E-state index in [0.29, 0.717) is 0 Å². The lowest BCUT2D eigenvalue weighted by Crippen LogP contribution is -2.20. The van der Waals surface area contributed by atoms with Crippen molar-refractivity contribution in [1.29, 1.82) is 0 Å². The Bertz CT molecular complexity index is 832. The highest BCUT2D eigenvalue weighted by Crippen LogP contribution is 2.18. The Labute approximate surface area is 173 Å². The molecule has 142 valence electrons. The predicted octanol–water partition coefficient (Wildman–Crippen LogP) is 3.53. The van der Waals surface area contributed by atoms with Crippen LogP contribution in [0.4, 0.5) is 11.4 Å². The summed E-state index contributed by atoms with van der Waals surface area (Å²) in [6.07, 6.45) is 1.75. The van der Waals surface area contributed by atoms with E-state index in [4.69, 9.17) is 0 Å². The number of carbonyl (C=O) groups excluding carboxylic acids is 2. The summed E-state index contributed by atoms with van der Waals surface area (Å²) in [6.45, 7) is 1.93. The maximum Gasteiger partial charge on any atom is 0.240 e. The second-order valence-electron chi connectivity index (χ2n) is 6.29. The zero-order valence-electron chi connectivity index (χ0n) is 15.6. The molecule has 2 rings (SSSR count). The Morgan fingerprint density at radius 3 is 2.37 bits per heavy atom. The first kappa shape index (κ1) is 20.9. The van der Waals surface area contributed by atoms with Crippen LogP contribution in [0, 0.1) is 10.5 Å². The van der Waals surface area contributed by atoms with Crippen LogP contribution in [-0.4, -0.2) is 32.1 Å². The quantitative estimate of drug-likeness (QED) is 0.363. The summed E-state index contributed by atoms with van der Waals surface area (Å²) in [5.74, 6) is -0.497. The van der Waals surface area contributed by atoms with E-state index in [1.165, 1.54) is 0 Å². The minimum atomic E-state index is -0.300. The van der Waals surface area contributed by atoms with Crippen molar-refractivity contribution in [3.05, 3.63) is 57.2 Å². The molecule has 2 aromatic carbocycles. The summed E-state index contributed by atoms with van der Waals surface area (Å²) < 4.78 is 1.11. The van der Waals surface area contributed by atoms with Crippen molar-refractivity contribution in [2.45, 2.75) is 19.8 Å². The first-order valence-electron chi connectivity index (χ1n) is 8.50. The highest BCUT2D eigenvalue weighted by Gasteiger charge is 2.08. The molecule has 0 saturated carbocycles. The first-order valence-corrected chi connectivity index (χ1v) is 9.58. The second kappa shape index (κ2) is 10.1. The molecule has 0 aromatic heterocycles. The zero-order chi connectivity index (χ0) is 19.8. The van der Waals surface area contributed by atoms with Gasteiger partial charge in [0.1, 0.15) is 0 Å². The molecule has 0 aliphatic rings. The van der Waals surface area contributed by atoms with Gasteiger partial charge in [-0.25, -0.2) is 5.43 Å². The summed E-state index contributed by atoms with van der Waals surface area (Å²) in [7, 11) is 3.94. The molecule has 0 bridgehead atoms. The molecule has 0 unspecified atom stereocenters. The number of aryl methyl sites for hydroxylation is 1. The summed E-state index contributed by atoms with van der Waals surface area (Å²) in [6, 6.07) is 13.6. The Morgan fingerprint density at radius 2 is 1.74 bits per heavy atom. The molecule has 0 spiro atoms. The second-order valence-corrected chi connectivity index (χ2v) is 7.53. The van der Waals surface area contributed by atoms with E-state index >= 15 is 0 Å². The van der Waals surface area contributed by atoms with Gasteiger partial charge in [-0.05, 0) is 71.0 Å². The number of hydrogen-bond acceptors (Lipinski definition) is 4. The van der Waals surface area contributed by atoms with Crippen LogP contribution in [0.1, 0.15) is 24.0 Å². The molecule has 0 aliphatic heterocycles. The van der Waals surface area contributed by atoms with E-state index < -0.39 is 0 Å². The predicted molar refractivity (Wildman–Crippen MR) is 118 cm³/mol. The van der Waals surface area contributed by atoms with Crippen LogP contribution in [0.5, 0.6) is 0 Å². The van der Waals surface area contributed by atoms with Gasteiger partial charge in [0, 0.05) is 41.9 Å². The number of amides is 2. The van der Waals surface area contributed by atoms with Crippen LogP contribution in [0.25, 0.3) is 0 Å². The number of anilines is 2. The van der Waals surface area contributed by atoms with Crippen LogP contribution >= 0.6 is 22.6 Å². The van der Waals surface area contributed by atoms with Gasteiger partial charge in [-0.3, -0.25) is 9.59 Å². The van der Waals surface area contributed by atoms with Crippen molar-refractivity contribution in [3.63, 3.8) is 0 Å². The lowest BCUT2D eigenvalue weighted by atomic mass is 10.2. The highest BCUT2D eigenvalue weighted by molar-refractivity contribution is 14.1. The molecule has 0 saturated heterocycles. The van der Waals surface area contributed by atoms with Crippen LogP contribution in [0.3, 0.4) is 0 Å². The number of nitrogens with zero attached hydrogens (tertiary/aromatic N) is 2. The largest absolute Gasteiger partial charge is 0.378 e. The van der Waals surface area contributed by atoms with Crippen molar-refractivity contribution < 1.29 is 9.59 Å². The molecule has 0 atom stereocenters. The number of nitrogens with one attached hydrogen (secondary N) is 2. The average molecular weight is 478 g/mol. The van der Waals surface area contributed by atoms with Crippen molar-refractivity contribution in [2.24, 2.45) is 5.10 Å². The third-order valence-electron chi connectivity index (χ3n) is 3.85. The number of hydrogen-bond donors (Lipinski definition) is 2. The summed E-state index contributed by atoms with van der Waals surface area (Å²) in [4.78, 5) is 25.8. The van der Waals surface area contributed by atoms with E-state index in [1.807, 2.05) is 68.4 Å². The molecule has 0 fully saturated rings. The van der Waals surface area contributed by atoms with E-state index in [0.717, 1.165) is 26.1 Å². The van der Waals surface area contributed by atoms with Crippen molar-refractivity contribution >= 4 is 52.0 Å². The molecule has 2 amide bonds. The van der Waals surface area contributed by atoms with Crippen molar-refractivity contribution in [3.8, 4) is 0 Å². The van der Waals surface area contributed by atoms with E-state index in [9.17, 15) is 9.59 Å². The lowest BCUT2D eigenvalue weighted by Gasteiger charge is -2.11. The van der Waals surface area contributed by atoms with Gasteiger partial charge in [-0.1, -0.05) is 12.1 Å². The summed E-state index contributed by atoms with van der Waals surface area (Å²) in [5, 5.41) is 6.76. The molecule has 7 heteroatoms. The van der Waals surface area contributed by atoms with E-state index in [-0.39, 0.29) is 24.7 Å². The summed E-state index contributed by atoms with van der Waals surface area (Å²) >= 11 is 2.22. The van der Waals surface area contributed by atoms with Crippen LogP contribution < -0.4 is 15.6 Å². The smallest absolute Gasteiger partial charge is 0.240 e. The first-order chi connectivity index (χ1) is 12.8. The van der Waals surface area contributed by atoms with Gasteiger partial charge in [0.15, 0.2) is 0 Å². The molecule has 2 aromatic rings. The van der Waals surface area contributed by atoms with Crippen molar-refractivity contribution in [1.82, 2.24) is 5.43 Å². The molecule has 0 heterocycles. The summed E-state index contributed by atoms with van der Waals surface area (Å²) in [5.41, 5.74) is 6.17. The number of benzene rings is 2. The molecule has 6 nitrogen and oxygen atoms in total. The van der Waals surface area contributed by atoms with E-state index in [1.54, 1.807) is 6.21 Å². The minimum Gasteiger partial charge on any atom is -0.378 e. The van der Waals surface area contributed by atoms with Crippen LogP contribution in [0.2, 0.25) is 0 Å². The lowest BCUT2D eigenvalue weighted by molar-refractivity contribution is -0.124. The molecular formula is C20H23IN4O2. The van der Waals surface area contributed by atoms with Crippen LogP contribution in [-0.2, 0) is 9.59 Å². The topological polar surface area (TPSA) is 73.8 Å². The SMILES string of the molecule is Cc1cc(I)ccc1NC(=O)CCC(=O)N/N=C\c1ccc(N(C)C)cc1. The van der Waals surface area contributed by atoms with Gasteiger partial charge in [0.25, 0.3) is 0 Å². The Morgan fingerprint density at radius 1 is 1.07 bits per heavy atom. The number of rotatable bonds is 7. The van der Waals surface area contributed by atoms with Gasteiger partial charge < -0.3 is 10.2 Å². The Balaban J connectivity index is 1.76. The fourth-order valence-electron chi connectivity index (χ4n) is 2.30.